The van der Waals surface area contributed by atoms with Gasteiger partial charge in [0.25, 0.3) is 5.91 Å². The maximum absolute atomic E-state index is 12.7. The Bertz CT molecular complexity index is 698. The molecule has 0 N–H and O–H groups in total. The second-order valence-electron chi connectivity index (χ2n) is 5.99. The number of rotatable bonds is 8. The number of amides is 1. The minimum Gasteiger partial charge on any atom is -0.469 e. The van der Waals surface area contributed by atoms with E-state index in [2.05, 4.69) is 0 Å². The fourth-order valence-electron chi connectivity index (χ4n) is 2.31. The van der Waals surface area contributed by atoms with Crippen molar-refractivity contribution in [3.8, 4) is 0 Å². The van der Waals surface area contributed by atoms with Crippen LogP contribution in [0.25, 0.3) is 0 Å². The summed E-state index contributed by atoms with van der Waals surface area (Å²) in [6, 6.07) is 5.81. The van der Waals surface area contributed by atoms with Gasteiger partial charge in [-0.25, -0.2) is 12.7 Å². The molecular formula is C17H26N2O5S. The van der Waals surface area contributed by atoms with E-state index in [9.17, 15) is 18.0 Å². The van der Waals surface area contributed by atoms with E-state index in [1.165, 1.54) is 45.5 Å². The number of nitrogens with zero attached hydrogens (tertiary/aromatic N) is 2. The van der Waals surface area contributed by atoms with Crippen LogP contribution in [0.15, 0.2) is 29.2 Å². The van der Waals surface area contributed by atoms with Crippen LogP contribution in [0.3, 0.4) is 0 Å². The summed E-state index contributed by atoms with van der Waals surface area (Å²) in [5.41, 5.74) is 0.378. The molecule has 8 heteroatoms. The van der Waals surface area contributed by atoms with Gasteiger partial charge in [-0.1, -0.05) is 13.8 Å². The molecule has 0 aliphatic carbocycles. The molecule has 0 fully saturated rings. The van der Waals surface area contributed by atoms with Crippen LogP contribution in [-0.2, 0) is 19.6 Å². The fourth-order valence-corrected chi connectivity index (χ4v) is 3.22. The summed E-state index contributed by atoms with van der Waals surface area (Å²) >= 11 is 0. The predicted octanol–water partition coefficient (Wildman–Crippen LogP) is 1.60. The highest BCUT2D eigenvalue weighted by molar-refractivity contribution is 7.89. The largest absolute Gasteiger partial charge is 0.469 e. The van der Waals surface area contributed by atoms with Gasteiger partial charge in [0.15, 0.2) is 0 Å². The minimum absolute atomic E-state index is 0.124. The lowest BCUT2D eigenvalue weighted by atomic mass is 10.1. The number of carbonyl (C=O) groups excluding carboxylic acids is 2. The van der Waals surface area contributed by atoms with E-state index in [1.807, 2.05) is 6.92 Å². The third-order valence-electron chi connectivity index (χ3n) is 3.76. The van der Waals surface area contributed by atoms with Gasteiger partial charge in [0.1, 0.15) is 0 Å². The van der Waals surface area contributed by atoms with Crippen LogP contribution in [0, 0.1) is 5.92 Å². The first-order valence-corrected chi connectivity index (χ1v) is 9.48. The average molecular weight is 370 g/mol. The molecule has 0 aromatic heterocycles. The van der Waals surface area contributed by atoms with Crippen molar-refractivity contribution < 1.29 is 22.7 Å². The lowest BCUT2D eigenvalue weighted by Gasteiger charge is -2.24. The summed E-state index contributed by atoms with van der Waals surface area (Å²) < 4.78 is 30.0. The van der Waals surface area contributed by atoms with Gasteiger partial charge in [-0.15, -0.1) is 0 Å². The third kappa shape index (κ3) is 5.27. The Morgan fingerprint density at radius 1 is 1.16 bits per heavy atom. The number of sulfonamides is 1. The maximum Gasteiger partial charge on any atom is 0.310 e. The molecule has 0 bridgehead atoms. The molecule has 0 heterocycles. The minimum atomic E-state index is -3.54. The number of hydrogen-bond donors (Lipinski definition) is 0. The Kier molecular flexibility index (Phi) is 7.57. The quantitative estimate of drug-likeness (QED) is 0.649. The molecule has 140 valence electrons. The number of esters is 1. The maximum atomic E-state index is 12.7. The van der Waals surface area contributed by atoms with E-state index < -0.39 is 15.9 Å². The molecule has 1 aromatic carbocycles. The van der Waals surface area contributed by atoms with E-state index in [4.69, 9.17) is 4.74 Å². The number of methoxy groups -OCH3 is 1. The van der Waals surface area contributed by atoms with Gasteiger partial charge in [-0.3, -0.25) is 9.59 Å². The molecule has 1 aromatic rings. The second-order valence-corrected chi connectivity index (χ2v) is 8.14. The molecule has 1 rings (SSSR count). The Balaban J connectivity index is 3.00. The normalized spacial score (nSPS) is 12.7. The van der Waals surface area contributed by atoms with Crippen molar-refractivity contribution in [1.29, 1.82) is 0 Å². The summed E-state index contributed by atoms with van der Waals surface area (Å²) in [6.07, 6.45) is 0.743. The topological polar surface area (TPSA) is 84.0 Å². The Labute approximate surface area is 149 Å². The molecule has 0 saturated heterocycles. The third-order valence-corrected chi connectivity index (χ3v) is 5.59. The van der Waals surface area contributed by atoms with Gasteiger partial charge in [0, 0.05) is 32.7 Å². The van der Waals surface area contributed by atoms with E-state index in [0.717, 1.165) is 10.7 Å². The van der Waals surface area contributed by atoms with Crippen LogP contribution in [0.1, 0.15) is 30.6 Å². The highest BCUT2D eigenvalue weighted by Crippen LogP contribution is 2.16. The monoisotopic (exact) mass is 370 g/mol. The van der Waals surface area contributed by atoms with Crippen LogP contribution in [0.5, 0.6) is 0 Å². The smallest absolute Gasteiger partial charge is 0.310 e. The van der Waals surface area contributed by atoms with Gasteiger partial charge < -0.3 is 9.64 Å². The van der Waals surface area contributed by atoms with Crippen LogP contribution in [-0.4, -0.2) is 63.8 Å². The Morgan fingerprint density at radius 3 is 2.16 bits per heavy atom. The summed E-state index contributed by atoms with van der Waals surface area (Å²) in [7, 11) is 0.678. The lowest BCUT2D eigenvalue weighted by molar-refractivity contribution is -0.145. The molecule has 1 unspecified atom stereocenters. The molecule has 0 aliphatic rings. The van der Waals surface area contributed by atoms with Crippen molar-refractivity contribution in [3.63, 3.8) is 0 Å². The van der Waals surface area contributed by atoms with Crippen LogP contribution >= 0.6 is 0 Å². The molecule has 0 spiro atoms. The van der Waals surface area contributed by atoms with Crippen molar-refractivity contribution in [2.45, 2.75) is 25.2 Å². The second kappa shape index (κ2) is 8.96. The van der Waals surface area contributed by atoms with Crippen LogP contribution in [0.4, 0.5) is 0 Å². The molecule has 0 radical (unpaired) electrons. The van der Waals surface area contributed by atoms with Crippen molar-refractivity contribution in [3.05, 3.63) is 29.8 Å². The molecule has 1 atom stereocenters. The Hall–Kier alpha value is -1.93. The summed E-state index contributed by atoms with van der Waals surface area (Å²) in [6.45, 7) is 4.39. The summed E-state index contributed by atoms with van der Waals surface area (Å²) in [5, 5.41) is 0. The molecule has 0 aliphatic heterocycles. The number of hydrogen-bond acceptors (Lipinski definition) is 5. The first kappa shape index (κ1) is 21.1. The van der Waals surface area contributed by atoms with Crippen molar-refractivity contribution in [1.82, 2.24) is 9.21 Å². The van der Waals surface area contributed by atoms with E-state index in [-0.39, 0.29) is 23.3 Å². The standard InChI is InChI=1S/C17H26N2O5S/c1-6-11-19(12-13(2)17(21)24-5)16(20)14-7-9-15(10-8-14)25(22,23)18(3)4/h7-10,13H,6,11-12H2,1-5H3. The van der Waals surface area contributed by atoms with Crippen molar-refractivity contribution >= 4 is 21.9 Å². The molecule has 1 amide bonds. The van der Waals surface area contributed by atoms with Gasteiger partial charge in [-0.2, -0.15) is 0 Å². The number of benzene rings is 1. The highest BCUT2D eigenvalue weighted by Gasteiger charge is 2.23. The molecule has 25 heavy (non-hydrogen) atoms. The fraction of sp³-hybridized carbons (Fsp3) is 0.529. The van der Waals surface area contributed by atoms with Crippen LogP contribution < -0.4 is 0 Å². The molecule has 0 saturated carbocycles. The van der Waals surface area contributed by atoms with Crippen molar-refractivity contribution in [2.24, 2.45) is 5.92 Å². The van der Waals surface area contributed by atoms with E-state index in [0.29, 0.717) is 12.1 Å². The van der Waals surface area contributed by atoms with Crippen LogP contribution in [0.2, 0.25) is 0 Å². The summed E-state index contributed by atoms with van der Waals surface area (Å²) in [4.78, 5) is 26.0. The lowest BCUT2D eigenvalue weighted by Crippen LogP contribution is -2.37. The van der Waals surface area contributed by atoms with Crippen molar-refractivity contribution in [2.75, 3.05) is 34.3 Å². The number of carbonyl (C=O) groups is 2. The van der Waals surface area contributed by atoms with E-state index in [1.54, 1.807) is 11.8 Å². The van der Waals surface area contributed by atoms with Gasteiger partial charge in [0.05, 0.1) is 17.9 Å². The zero-order valence-corrected chi connectivity index (χ0v) is 16.2. The van der Waals surface area contributed by atoms with Gasteiger partial charge in [0.2, 0.25) is 10.0 Å². The average Bonchev–Trinajstić information content (AvgIpc) is 2.59. The predicted molar refractivity (Wildman–Crippen MR) is 94.7 cm³/mol. The zero-order valence-electron chi connectivity index (χ0n) is 15.4. The van der Waals surface area contributed by atoms with Gasteiger partial charge >= 0.3 is 5.97 Å². The zero-order chi connectivity index (χ0) is 19.2. The molecular weight excluding hydrogens is 344 g/mol. The van der Waals surface area contributed by atoms with E-state index >= 15 is 0 Å². The molecule has 7 nitrogen and oxygen atoms in total. The van der Waals surface area contributed by atoms with Gasteiger partial charge in [-0.05, 0) is 30.7 Å². The SMILES string of the molecule is CCCN(CC(C)C(=O)OC)C(=O)c1ccc(S(=O)(=O)N(C)C)cc1. The first-order chi connectivity index (χ1) is 11.6. The first-order valence-electron chi connectivity index (χ1n) is 8.04. The highest BCUT2D eigenvalue weighted by atomic mass is 32.2. The summed E-state index contributed by atoms with van der Waals surface area (Å²) in [5.74, 6) is -1.05. The Morgan fingerprint density at radius 2 is 1.72 bits per heavy atom. The number of ether oxygens (including phenoxy) is 1.